The molecule has 9 nitrogen and oxygen atoms in total. The van der Waals surface area contributed by atoms with Crippen LogP contribution in [0.15, 0.2) is 40.8 Å². The number of benzene rings is 1. The lowest BCUT2D eigenvalue weighted by Crippen LogP contribution is -2.10. The first-order chi connectivity index (χ1) is 12.9. The van der Waals surface area contributed by atoms with Gasteiger partial charge in [0.2, 0.25) is 0 Å². The third kappa shape index (κ3) is 3.70. The normalized spacial score (nSPS) is 10.4. The van der Waals surface area contributed by atoms with Gasteiger partial charge in [0.15, 0.2) is 10.9 Å². The third-order valence-corrected chi connectivity index (χ3v) is 4.64. The monoisotopic (exact) mass is 387 g/mol. The summed E-state index contributed by atoms with van der Waals surface area (Å²) in [4.78, 5) is 39.0. The van der Waals surface area contributed by atoms with E-state index in [9.17, 15) is 19.7 Å². The van der Waals surface area contributed by atoms with Crippen LogP contribution in [0.5, 0.6) is 0 Å². The molecule has 0 spiro atoms. The molecular formula is C17H13N3O6S. The lowest BCUT2D eigenvalue weighted by atomic mass is 10.1. The first kappa shape index (κ1) is 18.3. The second-order valence-corrected chi connectivity index (χ2v) is 6.32. The number of nitrogens with one attached hydrogen (secondary N) is 1. The van der Waals surface area contributed by atoms with E-state index in [0.29, 0.717) is 5.69 Å². The minimum Gasteiger partial charge on any atom is -0.465 e. The average Bonchev–Trinajstić information content (AvgIpc) is 3.28. The van der Waals surface area contributed by atoms with Gasteiger partial charge in [-0.2, -0.15) is 0 Å². The van der Waals surface area contributed by atoms with Crippen LogP contribution in [0.3, 0.4) is 0 Å². The number of nitrogens with zero attached hydrogens (tertiary/aromatic N) is 2. The lowest BCUT2D eigenvalue weighted by Gasteiger charge is -2.00. The standard InChI is InChI=1S/C17H13N3O6S/c1-9-14(16(22)25-2)27-17(18-9)19-15(21)13-8-7-12(26-13)10-5-3-4-6-11(10)20(23)24/h3-8H,1-2H3,(H,18,19,21). The van der Waals surface area contributed by atoms with E-state index in [-0.39, 0.29) is 32.8 Å². The SMILES string of the molecule is COC(=O)c1sc(NC(=O)c2ccc(-c3ccccc3[N+](=O)[O-])o2)nc1C. The molecule has 2 aromatic heterocycles. The number of carbonyl (C=O) groups excluding carboxylic acids is 2. The number of aryl methyl sites for hydroxylation is 1. The van der Waals surface area contributed by atoms with Crippen LogP contribution in [0.1, 0.15) is 25.9 Å². The number of para-hydroxylation sites is 1. The summed E-state index contributed by atoms with van der Waals surface area (Å²) in [6, 6.07) is 8.95. The van der Waals surface area contributed by atoms with Crippen molar-refractivity contribution in [3.63, 3.8) is 0 Å². The fourth-order valence-corrected chi connectivity index (χ4v) is 3.22. The van der Waals surface area contributed by atoms with Gasteiger partial charge >= 0.3 is 5.97 Å². The number of nitro benzene ring substituents is 1. The largest absolute Gasteiger partial charge is 0.465 e. The predicted molar refractivity (Wildman–Crippen MR) is 96.9 cm³/mol. The van der Waals surface area contributed by atoms with E-state index in [1.165, 1.54) is 31.4 Å². The molecule has 1 N–H and O–H groups in total. The van der Waals surface area contributed by atoms with Crippen LogP contribution in [-0.4, -0.2) is 28.9 Å². The Kier molecular flexibility index (Phi) is 4.99. The van der Waals surface area contributed by atoms with E-state index >= 15 is 0 Å². The molecular weight excluding hydrogens is 374 g/mol. The van der Waals surface area contributed by atoms with Gasteiger partial charge in [0, 0.05) is 6.07 Å². The molecule has 0 aliphatic rings. The first-order valence-corrected chi connectivity index (χ1v) is 8.43. The second kappa shape index (κ2) is 7.38. The van der Waals surface area contributed by atoms with Crippen LogP contribution in [0.2, 0.25) is 0 Å². The number of anilines is 1. The number of aromatic nitrogens is 1. The molecule has 0 fully saturated rings. The molecule has 0 atom stereocenters. The number of hydrogen-bond acceptors (Lipinski definition) is 8. The van der Waals surface area contributed by atoms with Gasteiger partial charge in [-0.25, -0.2) is 9.78 Å². The number of ether oxygens (including phenoxy) is 1. The van der Waals surface area contributed by atoms with Crippen molar-refractivity contribution in [3.05, 3.63) is 62.8 Å². The van der Waals surface area contributed by atoms with E-state index < -0.39 is 16.8 Å². The Morgan fingerprint density at radius 3 is 2.70 bits per heavy atom. The highest BCUT2D eigenvalue weighted by molar-refractivity contribution is 7.17. The van der Waals surface area contributed by atoms with Gasteiger partial charge in [0.05, 0.1) is 23.3 Å². The molecule has 0 unspecified atom stereocenters. The van der Waals surface area contributed by atoms with Gasteiger partial charge in [-0.3, -0.25) is 20.2 Å². The molecule has 1 amide bonds. The van der Waals surface area contributed by atoms with Crippen molar-refractivity contribution in [1.82, 2.24) is 4.98 Å². The van der Waals surface area contributed by atoms with Gasteiger partial charge in [-0.15, -0.1) is 0 Å². The summed E-state index contributed by atoms with van der Waals surface area (Å²) in [7, 11) is 1.26. The summed E-state index contributed by atoms with van der Waals surface area (Å²) in [6.07, 6.45) is 0. The minimum absolute atomic E-state index is 0.0457. The molecule has 0 aliphatic carbocycles. The maximum absolute atomic E-state index is 12.3. The fraction of sp³-hybridized carbons (Fsp3) is 0.118. The van der Waals surface area contributed by atoms with E-state index in [4.69, 9.17) is 4.42 Å². The van der Waals surface area contributed by atoms with Crippen LogP contribution in [0.25, 0.3) is 11.3 Å². The fourth-order valence-electron chi connectivity index (χ4n) is 2.34. The molecule has 138 valence electrons. The topological polar surface area (TPSA) is 125 Å². The molecule has 10 heteroatoms. The molecule has 3 rings (SSSR count). The van der Waals surface area contributed by atoms with E-state index in [0.717, 1.165) is 11.3 Å². The zero-order chi connectivity index (χ0) is 19.6. The van der Waals surface area contributed by atoms with E-state index in [1.54, 1.807) is 19.1 Å². The smallest absolute Gasteiger partial charge is 0.350 e. The number of hydrogen-bond donors (Lipinski definition) is 1. The van der Waals surface area contributed by atoms with Crippen molar-refractivity contribution in [2.45, 2.75) is 6.92 Å². The van der Waals surface area contributed by atoms with E-state index in [2.05, 4.69) is 15.0 Å². The Hall–Kier alpha value is -3.53. The van der Waals surface area contributed by atoms with Crippen LogP contribution in [0.4, 0.5) is 10.8 Å². The Balaban J connectivity index is 1.82. The van der Waals surface area contributed by atoms with Crippen LogP contribution < -0.4 is 5.32 Å². The highest BCUT2D eigenvalue weighted by atomic mass is 32.1. The van der Waals surface area contributed by atoms with Crippen LogP contribution >= 0.6 is 11.3 Å². The predicted octanol–water partition coefficient (Wildman–Crippen LogP) is 3.66. The Labute approximate surface area is 156 Å². The molecule has 0 aliphatic heterocycles. The quantitative estimate of drug-likeness (QED) is 0.402. The molecule has 3 aromatic rings. The van der Waals surface area contributed by atoms with Crippen molar-refractivity contribution in [1.29, 1.82) is 0 Å². The number of rotatable bonds is 5. The highest BCUT2D eigenvalue weighted by Crippen LogP contribution is 2.31. The Morgan fingerprint density at radius 2 is 2.00 bits per heavy atom. The summed E-state index contributed by atoms with van der Waals surface area (Å²) in [5.74, 6) is -0.985. The van der Waals surface area contributed by atoms with Crippen LogP contribution in [-0.2, 0) is 4.74 Å². The molecule has 0 saturated heterocycles. The Morgan fingerprint density at radius 1 is 1.26 bits per heavy atom. The van der Waals surface area contributed by atoms with E-state index in [1.807, 2.05) is 0 Å². The maximum atomic E-state index is 12.3. The minimum atomic E-state index is -0.593. The van der Waals surface area contributed by atoms with Gasteiger partial charge in [-0.1, -0.05) is 23.5 Å². The number of nitro groups is 1. The number of furan rings is 1. The number of methoxy groups -OCH3 is 1. The first-order valence-electron chi connectivity index (χ1n) is 7.61. The van der Waals surface area contributed by atoms with Gasteiger partial charge in [-0.05, 0) is 25.1 Å². The molecule has 2 heterocycles. The number of carbonyl (C=O) groups is 2. The molecule has 0 bridgehead atoms. The molecule has 1 aromatic carbocycles. The second-order valence-electron chi connectivity index (χ2n) is 5.32. The lowest BCUT2D eigenvalue weighted by molar-refractivity contribution is -0.384. The van der Waals surface area contributed by atoms with Crippen molar-refractivity contribution in [2.75, 3.05) is 12.4 Å². The zero-order valence-corrected chi connectivity index (χ0v) is 15.0. The van der Waals surface area contributed by atoms with Gasteiger partial charge in [0.1, 0.15) is 10.6 Å². The van der Waals surface area contributed by atoms with Crippen LogP contribution in [0, 0.1) is 17.0 Å². The molecule has 0 radical (unpaired) electrons. The van der Waals surface area contributed by atoms with Crippen molar-refractivity contribution >= 4 is 34.0 Å². The summed E-state index contributed by atoms with van der Waals surface area (Å²) in [5.41, 5.74) is 0.568. The summed E-state index contributed by atoms with van der Waals surface area (Å²) in [5, 5.41) is 13.9. The number of esters is 1. The maximum Gasteiger partial charge on any atom is 0.350 e. The summed E-state index contributed by atoms with van der Waals surface area (Å²) >= 11 is 0.976. The molecule has 27 heavy (non-hydrogen) atoms. The Bertz CT molecular complexity index is 1040. The zero-order valence-electron chi connectivity index (χ0n) is 14.2. The summed E-state index contributed by atoms with van der Waals surface area (Å²) in [6.45, 7) is 1.62. The van der Waals surface area contributed by atoms with Gasteiger partial charge in [0.25, 0.3) is 11.6 Å². The van der Waals surface area contributed by atoms with Gasteiger partial charge < -0.3 is 9.15 Å². The van der Waals surface area contributed by atoms with Crippen molar-refractivity contribution in [2.24, 2.45) is 0 Å². The molecule has 0 saturated carbocycles. The third-order valence-electron chi connectivity index (χ3n) is 3.58. The number of amides is 1. The highest BCUT2D eigenvalue weighted by Gasteiger charge is 2.21. The van der Waals surface area contributed by atoms with Crippen molar-refractivity contribution in [3.8, 4) is 11.3 Å². The number of thiazole rings is 1. The van der Waals surface area contributed by atoms with Crippen molar-refractivity contribution < 1.29 is 23.7 Å². The average molecular weight is 387 g/mol. The summed E-state index contributed by atoms with van der Waals surface area (Å²) < 4.78 is 10.1.